The third-order valence-electron chi connectivity index (χ3n) is 4.93. The Balaban J connectivity index is 1.29. The molecule has 3 aromatic heterocycles. The minimum absolute atomic E-state index is 0.00962. The van der Waals surface area contributed by atoms with E-state index in [9.17, 15) is 9.59 Å². The number of fused-ring (bicyclic) bond motifs is 1. The van der Waals surface area contributed by atoms with Crippen molar-refractivity contribution in [2.75, 3.05) is 10.6 Å². The van der Waals surface area contributed by atoms with Crippen LogP contribution < -0.4 is 15.4 Å². The van der Waals surface area contributed by atoms with E-state index in [0.717, 1.165) is 18.5 Å². The molecule has 32 heavy (non-hydrogen) atoms. The van der Waals surface area contributed by atoms with Gasteiger partial charge in [-0.1, -0.05) is 12.1 Å². The first kappa shape index (κ1) is 19.7. The molecule has 5 rings (SSSR count). The van der Waals surface area contributed by atoms with Crippen molar-refractivity contribution in [3.63, 3.8) is 0 Å². The second kappa shape index (κ2) is 8.10. The molecule has 4 aromatic rings. The number of anilines is 2. The number of imidazole rings is 1. The van der Waals surface area contributed by atoms with Gasteiger partial charge < -0.3 is 15.4 Å². The van der Waals surface area contributed by atoms with Gasteiger partial charge in [-0.15, -0.1) is 5.10 Å². The Bertz CT molecular complexity index is 1330. The van der Waals surface area contributed by atoms with E-state index < -0.39 is 0 Å². The quantitative estimate of drug-likeness (QED) is 0.483. The van der Waals surface area contributed by atoms with Crippen molar-refractivity contribution in [1.29, 1.82) is 0 Å². The number of aryl methyl sites for hydroxylation is 1. The zero-order chi connectivity index (χ0) is 22.1. The normalized spacial score (nSPS) is 13.0. The maximum atomic E-state index is 12.4. The monoisotopic (exact) mass is 428 g/mol. The molecule has 0 atom stereocenters. The molecular weight excluding hydrogens is 408 g/mol. The van der Waals surface area contributed by atoms with E-state index in [4.69, 9.17) is 4.74 Å². The lowest BCUT2D eigenvalue weighted by atomic mass is 10.2. The van der Waals surface area contributed by atoms with Crippen LogP contribution in [0.3, 0.4) is 0 Å². The Morgan fingerprint density at radius 2 is 1.88 bits per heavy atom. The predicted molar refractivity (Wildman–Crippen MR) is 118 cm³/mol. The molecule has 1 aromatic carbocycles. The number of pyridine rings is 1. The minimum atomic E-state index is -0.301. The number of rotatable bonds is 6. The number of amides is 2. The Morgan fingerprint density at radius 3 is 2.69 bits per heavy atom. The second-order valence-corrected chi connectivity index (χ2v) is 7.61. The molecule has 0 radical (unpaired) electrons. The Kier molecular flexibility index (Phi) is 4.98. The average Bonchev–Trinajstić information content (AvgIpc) is 3.55. The molecule has 9 heteroatoms. The summed E-state index contributed by atoms with van der Waals surface area (Å²) in [5, 5.41) is 10.0. The zero-order valence-electron chi connectivity index (χ0n) is 17.3. The molecule has 0 bridgehead atoms. The largest absolute Gasteiger partial charge is 0.438 e. The number of ether oxygens (including phenoxy) is 1. The van der Waals surface area contributed by atoms with Crippen molar-refractivity contribution in [3.8, 4) is 11.6 Å². The summed E-state index contributed by atoms with van der Waals surface area (Å²) in [7, 11) is 0. The highest BCUT2D eigenvalue weighted by Gasteiger charge is 2.30. The van der Waals surface area contributed by atoms with Crippen LogP contribution in [-0.4, -0.2) is 31.4 Å². The third-order valence-corrected chi connectivity index (χ3v) is 4.93. The summed E-state index contributed by atoms with van der Waals surface area (Å²) in [6.45, 7) is 1.83. The number of benzene rings is 1. The molecule has 2 N–H and O–H groups in total. The van der Waals surface area contributed by atoms with Gasteiger partial charge in [0.05, 0.1) is 6.20 Å². The standard InChI is InChI=1S/C23H20N6O3/c1-14-4-2-7-18(24-14)23(31)25-16-5-3-6-17(12-16)32-21-11-10-20-26-19(13-29(20)28-21)27-22(30)15-8-9-15/h2-7,10-13,15H,8-9H2,1H3,(H,25,31)(H,27,30). The molecule has 0 unspecified atom stereocenters. The van der Waals surface area contributed by atoms with E-state index in [2.05, 4.69) is 25.7 Å². The van der Waals surface area contributed by atoms with E-state index >= 15 is 0 Å². The number of aromatic nitrogens is 4. The van der Waals surface area contributed by atoms with Gasteiger partial charge in [0.15, 0.2) is 11.5 Å². The highest BCUT2D eigenvalue weighted by Crippen LogP contribution is 2.30. The topological polar surface area (TPSA) is 111 Å². The smallest absolute Gasteiger partial charge is 0.274 e. The van der Waals surface area contributed by atoms with Crippen molar-refractivity contribution in [3.05, 3.63) is 72.2 Å². The van der Waals surface area contributed by atoms with Gasteiger partial charge in [-0.25, -0.2) is 14.5 Å². The summed E-state index contributed by atoms with van der Waals surface area (Å²) < 4.78 is 7.41. The minimum Gasteiger partial charge on any atom is -0.438 e. The summed E-state index contributed by atoms with van der Waals surface area (Å²) >= 11 is 0. The Morgan fingerprint density at radius 1 is 1.03 bits per heavy atom. The molecular formula is C23H20N6O3. The van der Waals surface area contributed by atoms with Crippen LogP contribution in [0.4, 0.5) is 11.5 Å². The van der Waals surface area contributed by atoms with Crippen molar-refractivity contribution in [2.45, 2.75) is 19.8 Å². The van der Waals surface area contributed by atoms with Crippen LogP contribution in [0.1, 0.15) is 29.0 Å². The van der Waals surface area contributed by atoms with E-state index in [1.165, 1.54) is 0 Å². The average molecular weight is 428 g/mol. The van der Waals surface area contributed by atoms with Gasteiger partial charge in [0.2, 0.25) is 11.8 Å². The molecule has 2 amide bonds. The molecule has 1 saturated carbocycles. The summed E-state index contributed by atoms with van der Waals surface area (Å²) in [5.74, 6) is 1.10. The van der Waals surface area contributed by atoms with Crippen molar-refractivity contribution >= 4 is 29.0 Å². The summed E-state index contributed by atoms with van der Waals surface area (Å²) in [6, 6.07) is 15.7. The molecule has 9 nitrogen and oxygen atoms in total. The SMILES string of the molecule is Cc1cccc(C(=O)Nc2cccc(Oc3ccc4nc(NC(=O)C5CC5)cn4n3)c2)n1. The number of hydrogen-bond donors (Lipinski definition) is 2. The molecule has 0 aliphatic heterocycles. The Labute approximate surface area is 183 Å². The van der Waals surface area contributed by atoms with E-state index in [1.54, 1.807) is 59.2 Å². The molecule has 1 aliphatic rings. The number of hydrogen-bond acceptors (Lipinski definition) is 6. The second-order valence-electron chi connectivity index (χ2n) is 7.61. The molecule has 0 spiro atoms. The fraction of sp³-hybridized carbons (Fsp3) is 0.174. The number of carbonyl (C=O) groups excluding carboxylic acids is 2. The molecule has 3 heterocycles. The van der Waals surface area contributed by atoms with Crippen molar-refractivity contribution < 1.29 is 14.3 Å². The summed E-state index contributed by atoms with van der Waals surface area (Å²) in [5.41, 5.74) is 2.28. The van der Waals surface area contributed by atoms with E-state index in [0.29, 0.717) is 34.5 Å². The molecule has 1 fully saturated rings. The predicted octanol–water partition coefficient (Wildman–Crippen LogP) is 3.83. The van der Waals surface area contributed by atoms with Gasteiger partial charge in [-0.2, -0.15) is 0 Å². The molecule has 160 valence electrons. The van der Waals surface area contributed by atoms with Gasteiger partial charge in [-0.3, -0.25) is 9.59 Å². The lowest BCUT2D eigenvalue weighted by Gasteiger charge is -2.08. The fourth-order valence-electron chi connectivity index (χ4n) is 3.18. The van der Waals surface area contributed by atoms with Crippen molar-refractivity contribution in [1.82, 2.24) is 19.6 Å². The lowest BCUT2D eigenvalue weighted by molar-refractivity contribution is -0.117. The summed E-state index contributed by atoms with van der Waals surface area (Å²) in [6.07, 6.45) is 3.50. The number of nitrogens with one attached hydrogen (secondary N) is 2. The molecule has 1 aliphatic carbocycles. The van der Waals surface area contributed by atoms with Crippen LogP contribution >= 0.6 is 0 Å². The lowest BCUT2D eigenvalue weighted by Crippen LogP contribution is -2.13. The van der Waals surface area contributed by atoms with Crippen LogP contribution in [0.5, 0.6) is 11.6 Å². The van der Waals surface area contributed by atoms with Crippen LogP contribution in [-0.2, 0) is 4.79 Å². The van der Waals surface area contributed by atoms with Crippen LogP contribution in [0.15, 0.2) is 60.8 Å². The first-order valence-corrected chi connectivity index (χ1v) is 10.2. The van der Waals surface area contributed by atoms with Gasteiger partial charge in [0.25, 0.3) is 5.91 Å². The third kappa shape index (κ3) is 4.41. The van der Waals surface area contributed by atoms with Gasteiger partial charge in [0, 0.05) is 29.4 Å². The van der Waals surface area contributed by atoms with Crippen LogP contribution in [0.25, 0.3) is 5.65 Å². The first-order chi connectivity index (χ1) is 15.5. The highest BCUT2D eigenvalue weighted by atomic mass is 16.5. The first-order valence-electron chi connectivity index (χ1n) is 10.2. The number of nitrogens with zero attached hydrogens (tertiary/aromatic N) is 4. The van der Waals surface area contributed by atoms with Crippen molar-refractivity contribution in [2.24, 2.45) is 5.92 Å². The highest BCUT2D eigenvalue weighted by molar-refractivity contribution is 6.03. The van der Waals surface area contributed by atoms with Gasteiger partial charge >= 0.3 is 0 Å². The fourth-order valence-corrected chi connectivity index (χ4v) is 3.18. The molecule has 0 saturated heterocycles. The van der Waals surface area contributed by atoms with Crippen LogP contribution in [0, 0.1) is 12.8 Å². The van der Waals surface area contributed by atoms with Gasteiger partial charge in [0.1, 0.15) is 11.4 Å². The maximum absolute atomic E-state index is 12.4. The van der Waals surface area contributed by atoms with E-state index in [-0.39, 0.29) is 17.7 Å². The van der Waals surface area contributed by atoms with Gasteiger partial charge in [-0.05, 0) is 50.1 Å². The van der Waals surface area contributed by atoms with E-state index in [1.807, 2.05) is 13.0 Å². The summed E-state index contributed by atoms with van der Waals surface area (Å²) in [4.78, 5) is 33.0. The Hall–Kier alpha value is -4.27. The van der Waals surface area contributed by atoms with Crippen LogP contribution in [0.2, 0.25) is 0 Å². The zero-order valence-corrected chi connectivity index (χ0v) is 17.3. The number of carbonyl (C=O) groups is 2. The maximum Gasteiger partial charge on any atom is 0.274 e.